The molecule has 5 heteroatoms. The van der Waals surface area contributed by atoms with E-state index in [0.29, 0.717) is 13.0 Å². The highest BCUT2D eigenvalue weighted by Gasteiger charge is 2.35. The van der Waals surface area contributed by atoms with Gasteiger partial charge in [-0.3, -0.25) is 9.59 Å². The maximum absolute atomic E-state index is 12.6. The van der Waals surface area contributed by atoms with E-state index in [1.807, 2.05) is 31.2 Å². The zero-order valence-electron chi connectivity index (χ0n) is 13.6. The first-order valence-corrected chi connectivity index (χ1v) is 8.48. The molecule has 3 rings (SSSR count). The first-order valence-electron chi connectivity index (χ1n) is 8.48. The van der Waals surface area contributed by atoms with E-state index in [4.69, 9.17) is 5.73 Å². The lowest BCUT2D eigenvalue weighted by atomic mass is 9.85. The predicted octanol–water partition coefficient (Wildman–Crippen LogP) is 1.73. The largest absolute Gasteiger partial charge is 0.344 e. The van der Waals surface area contributed by atoms with Gasteiger partial charge in [-0.15, -0.1) is 0 Å². The van der Waals surface area contributed by atoms with Crippen molar-refractivity contribution in [1.29, 1.82) is 0 Å². The Bertz CT molecular complexity index is 584. The summed E-state index contributed by atoms with van der Waals surface area (Å²) in [5, 5.41) is 2.94. The van der Waals surface area contributed by atoms with Gasteiger partial charge in [0.1, 0.15) is 6.04 Å². The van der Waals surface area contributed by atoms with Crippen LogP contribution in [0, 0.1) is 12.8 Å². The summed E-state index contributed by atoms with van der Waals surface area (Å²) in [4.78, 5) is 26.7. The van der Waals surface area contributed by atoms with Crippen LogP contribution in [0.15, 0.2) is 24.3 Å². The molecule has 1 aliphatic carbocycles. The summed E-state index contributed by atoms with van der Waals surface area (Å²) in [6, 6.07) is 7.62. The summed E-state index contributed by atoms with van der Waals surface area (Å²) in [6.07, 6.45) is 4.26. The molecule has 0 aromatic heterocycles. The molecule has 3 unspecified atom stereocenters. The predicted molar refractivity (Wildman–Crippen MR) is 90.0 cm³/mol. The fourth-order valence-electron chi connectivity index (χ4n) is 3.55. The number of nitrogens with zero attached hydrogens (tertiary/aromatic N) is 1. The maximum Gasteiger partial charge on any atom is 0.249 e. The lowest BCUT2D eigenvalue weighted by Gasteiger charge is -2.26. The van der Waals surface area contributed by atoms with Crippen LogP contribution in [0.4, 0.5) is 5.69 Å². The number of carbonyl (C=O) groups is 2. The van der Waals surface area contributed by atoms with Crippen molar-refractivity contribution >= 4 is 17.5 Å². The Labute approximate surface area is 137 Å². The average Bonchev–Trinajstić information content (AvgIpc) is 2.89. The number of aryl methyl sites for hydroxylation is 1. The molecule has 1 saturated carbocycles. The van der Waals surface area contributed by atoms with Gasteiger partial charge in [0.25, 0.3) is 0 Å². The third kappa shape index (κ3) is 3.55. The minimum absolute atomic E-state index is 0.00995. The average molecular weight is 315 g/mol. The SMILES string of the molecule is Cc1ccc(N2CCC(NC(=O)C3CCCC(N)C3)C2=O)cc1. The Morgan fingerprint density at radius 1 is 1.22 bits per heavy atom. The molecule has 2 aliphatic rings. The summed E-state index contributed by atoms with van der Waals surface area (Å²) in [5.74, 6) is -0.0634. The lowest BCUT2D eigenvalue weighted by molar-refractivity contribution is -0.130. The van der Waals surface area contributed by atoms with Crippen molar-refractivity contribution in [2.45, 2.75) is 51.1 Å². The van der Waals surface area contributed by atoms with Gasteiger partial charge in [0, 0.05) is 24.2 Å². The van der Waals surface area contributed by atoms with Gasteiger partial charge in [0.15, 0.2) is 0 Å². The zero-order chi connectivity index (χ0) is 16.4. The van der Waals surface area contributed by atoms with Crippen LogP contribution in [-0.4, -0.2) is 30.4 Å². The normalized spacial score (nSPS) is 28.0. The zero-order valence-corrected chi connectivity index (χ0v) is 13.6. The molecule has 1 saturated heterocycles. The second-order valence-electron chi connectivity index (χ2n) is 6.80. The van der Waals surface area contributed by atoms with Crippen LogP contribution in [0.25, 0.3) is 0 Å². The third-order valence-corrected chi connectivity index (χ3v) is 4.95. The first-order chi connectivity index (χ1) is 11.0. The highest BCUT2D eigenvalue weighted by Crippen LogP contribution is 2.25. The van der Waals surface area contributed by atoms with Gasteiger partial charge in [0.05, 0.1) is 0 Å². The second-order valence-corrected chi connectivity index (χ2v) is 6.80. The Hall–Kier alpha value is -1.88. The molecule has 124 valence electrons. The van der Waals surface area contributed by atoms with Gasteiger partial charge in [-0.25, -0.2) is 0 Å². The van der Waals surface area contributed by atoms with E-state index in [-0.39, 0.29) is 23.8 Å². The Kier molecular flexibility index (Phi) is 4.66. The smallest absolute Gasteiger partial charge is 0.249 e. The standard InChI is InChI=1S/C18H25N3O2/c1-12-5-7-15(8-6-12)21-10-9-16(18(21)23)20-17(22)13-3-2-4-14(19)11-13/h5-8,13-14,16H,2-4,9-11,19H2,1H3,(H,20,22). The number of nitrogens with one attached hydrogen (secondary N) is 1. The number of hydrogen-bond donors (Lipinski definition) is 2. The van der Waals surface area contributed by atoms with E-state index in [2.05, 4.69) is 5.32 Å². The molecule has 1 heterocycles. The molecule has 0 bridgehead atoms. The fraction of sp³-hybridized carbons (Fsp3) is 0.556. The van der Waals surface area contributed by atoms with Crippen molar-refractivity contribution in [3.63, 3.8) is 0 Å². The number of hydrogen-bond acceptors (Lipinski definition) is 3. The quantitative estimate of drug-likeness (QED) is 0.892. The highest BCUT2D eigenvalue weighted by atomic mass is 16.2. The van der Waals surface area contributed by atoms with Crippen molar-refractivity contribution < 1.29 is 9.59 Å². The minimum atomic E-state index is -0.401. The van der Waals surface area contributed by atoms with Crippen LogP contribution in [0.2, 0.25) is 0 Å². The first kappa shape index (κ1) is 16.0. The maximum atomic E-state index is 12.6. The number of carbonyl (C=O) groups excluding carboxylic acids is 2. The van der Waals surface area contributed by atoms with E-state index in [9.17, 15) is 9.59 Å². The molecular weight excluding hydrogens is 290 g/mol. The van der Waals surface area contributed by atoms with Gasteiger partial charge < -0.3 is 16.0 Å². The Morgan fingerprint density at radius 2 is 1.96 bits per heavy atom. The molecule has 3 N–H and O–H groups in total. The van der Waals surface area contributed by atoms with Gasteiger partial charge in [-0.05, 0) is 44.7 Å². The molecule has 23 heavy (non-hydrogen) atoms. The van der Waals surface area contributed by atoms with Crippen LogP contribution >= 0.6 is 0 Å². The molecule has 1 aromatic rings. The van der Waals surface area contributed by atoms with Gasteiger partial charge in [-0.2, -0.15) is 0 Å². The van der Waals surface area contributed by atoms with E-state index in [1.165, 1.54) is 5.56 Å². The number of benzene rings is 1. The third-order valence-electron chi connectivity index (χ3n) is 4.95. The monoisotopic (exact) mass is 315 g/mol. The fourth-order valence-corrected chi connectivity index (χ4v) is 3.55. The van der Waals surface area contributed by atoms with Crippen LogP contribution in [0.3, 0.4) is 0 Å². The van der Waals surface area contributed by atoms with Gasteiger partial charge >= 0.3 is 0 Å². The number of nitrogens with two attached hydrogens (primary N) is 1. The Balaban J connectivity index is 1.60. The van der Waals surface area contributed by atoms with Crippen LogP contribution in [0.5, 0.6) is 0 Å². The van der Waals surface area contributed by atoms with Crippen LogP contribution in [0.1, 0.15) is 37.7 Å². The van der Waals surface area contributed by atoms with Crippen molar-refractivity contribution in [2.75, 3.05) is 11.4 Å². The molecular formula is C18H25N3O2. The van der Waals surface area contributed by atoms with Crippen molar-refractivity contribution in [3.05, 3.63) is 29.8 Å². The Morgan fingerprint density at radius 3 is 2.65 bits per heavy atom. The summed E-state index contributed by atoms with van der Waals surface area (Å²) >= 11 is 0. The molecule has 2 amide bonds. The molecule has 3 atom stereocenters. The molecule has 1 aromatic carbocycles. The molecule has 2 fully saturated rings. The van der Waals surface area contributed by atoms with E-state index < -0.39 is 6.04 Å². The van der Waals surface area contributed by atoms with Crippen molar-refractivity contribution in [1.82, 2.24) is 5.32 Å². The molecule has 1 aliphatic heterocycles. The van der Waals surface area contributed by atoms with Crippen molar-refractivity contribution in [2.24, 2.45) is 11.7 Å². The van der Waals surface area contributed by atoms with Crippen LogP contribution in [-0.2, 0) is 9.59 Å². The highest BCUT2D eigenvalue weighted by molar-refractivity contribution is 6.01. The summed E-state index contributed by atoms with van der Waals surface area (Å²) in [6.45, 7) is 2.67. The minimum Gasteiger partial charge on any atom is -0.344 e. The summed E-state index contributed by atoms with van der Waals surface area (Å²) in [7, 11) is 0. The molecule has 0 spiro atoms. The summed E-state index contributed by atoms with van der Waals surface area (Å²) in [5.41, 5.74) is 8.02. The number of anilines is 1. The summed E-state index contributed by atoms with van der Waals surface area (Å²) < 4.78 is 0. The van der Waals surface area contributed by atoms with Crippen molar-refractivity contribution in [3.8, 4) is 0 Å². The van der Waals surface area contributed by atoms with Crippen LogP contribution < -0.4 is 16.0 Å². The number of rotatable bonds is 3. The molecule has 5 nitrogen and oxygen atoms in total. The van der Waals surface area contributed by atoms with Gasteiger partial charge in [0.2, 0.25) is 11.8 Å². The van der Waals surface area contributed by atoms with Gasteiger partial charge in [-0.1, -0.05) is 24.1 Å². The van der Waals surface area contributed by atoms with E-state index in [1.54, 1.807) is 4.90 Å². The number of amides is 2. The second kappa shape index (κ2) is 6.71. The topological polar surface area (TPSA) is 75.4 Å². The van der Waals surface area contributed by atoms with E-state index in [0.717, 1.165) is 31.4 Å². The lowest BCUT2D eigenvalue weighted by Crippen LogP contribution is -2.45. The molecule has 0 radical (unpaired) electrons. The van der Waals surface area contributed by atoms with E-state index >= 15 is 0 Å².